The number of aromatic nitrogens is 3. The van der Waals surface area contributed by atoms with E-state index >= 15 is 0 Å². The minimum atomic E-state index is -4.41. The van der Waals surface area contributed by atoms with E-state index in [4.69, 9.17) is 0 Å². The molecule has 0 amide bonds. The van der Waals surface area contributed by atoms with Crippen LogP contribution in [0.15, 0.2) is 18.5 Å². The normalized spacial score (nSPS) is 12.3. The molecule has 0 aliphatic rings. The lowest BCUT2D eigenvalue weighted by Gasteiger charge is -1.98. The van der Waals surface area contributed by atoms with Crippen molar-refractivity contribution in [3.63, 3.8) is 0 Å². The molecule has 0 radical (unpaired) electrons. The molecular weight excluding hydrogens is 310 g/mol. The van der Waals surface area contributed by atoms with Gasteiger partial charge in [0, 0.05) is 12.4 Å². The number of fused-ring (bicyclic) bond motifs is 1. The van der Waals surface area contributed by atoms with E-state index in [1.54, 1.807) is 0 Å². The van der Waals surface area contributed by atoms with Gasteiger partial charge in [-0.05, 0) is 28.7 Å². The van der Waals surface area contributed by atoms with Crippen LogP contribution in [0.4, 0.5) is 13.2 Å². The first kappa shape index (κ1) is 9.69. The van der Waals surface area contributed by atoms with Gasteiger partial charge in [0.05, 0.1) is 5.52 Å². The van der Waals surface area contributed by atoms with Gasteiger partial charge < -0.3 is 0 Å². The lowest BCUT2D eigenvalue weighted by molar-refractivity contribution is -0.141. The molecule has 0 spiro atoms. The third kappa shape index (κ3) is 1.56. The molecular formula is C7H3F3IN3. The van der Waals surface area contributed by atoms with Crippen molar-refractivity contribution in [3.05, 3.63) is 27.9 Å². The Morgan fingerprint density at radius 2 is 2.07 bits per heavy atom. The highest BCUT2D eigenvalue weighted by atomic mass is 127. The molecule has 7 heteroatoms. The van der Waals surface area contributed by atoms with Crippen molar-refractivity contribution < 1.29 is 13.2 Å². The molecule has 0 bridgehead atoms. The molecule has 2 aromatic rings. The smallest absolute Gasteiger partial charge is 0.246 e. The van der Waals surface area contributed by atoms with Crippen molar-refractivity contribution in [1.82, 2.24) is 14.6 Å². The van der Waals surface area contributed by atoms with Gasteiger partial charge in [0.2, 0.25) is 0 Å². The van der Waals surface area contributed by atoms with Crippen molar-refractivity contribution in [3.8, 4) is 0 Å². The van der Waals surface area contributed by atoms with Gasteiger partial charge in [-0.3, -0.25) is 0 Å². The molecule has 0 saturated carbocycles. The van der Waals surface area contributed by atoms with Crippen molar-refractivity contribution in [2.24, 2.45) is 0 Å². The zero-order chi connectivity index (χ0) is 10.3. The standard InChI is InChI=1S/C7H3F3IN3/c8-7(9,10)5-3-4-6(11)12-1-2-14(4)13-5/h1-3H. The van der Waals surface area contributed by atoms with Crippen molar-refractivity contribution >= 4 is 28.1 Å². The molecule has 74 valence electrons. The van der Waals surface area contributed by atoms with Gasteiger partial charge in [-0.25, -0.2) is 9.50 Å². The van der Waals surface area contributed by atoms with Gasteiger partial charge in [-0.1, -0.05) is 0 Å². The molecule has 0 unspecified atom stereocenters. The molecule has 3 nitrogen and oxygen atoms in total. The Morgan fingerprint density at radius 3 is 2.64 bits per heavy atom. The number of rotatable bonds is 0. The number of halogens is 4. The Labute approximate surface area is 90.1 Å². The van der Waals surface area contributed by atoms with Crippen LogP contribution >= 0.6 is 22.6 Å². The monoisotopic (exact) mass is 313 g/mol. The Balaban J connectivity index is 2.69. The lowest BCUT2D eigenvalue weighted by Crippen LogP contribution is -2.05. The van der Waals surface area contributed by atoms with Crippen LogP contribution in [0.1, 0.15) is 5.69 Å². The SMILES string of the molecule is FC(F)(F)c1cc2c(I)nccn2n1. The van der Waals surface area contributed by atoms with Gasteiger partial charge >= 0.3 is 6.18 Å². The van der Waals surface area contributed by atoms with Gasteiger partial charge in [-0.15, -0.1) is 0 Å². The average molecular weight is 313 g/mol. The van der Waals surface area contributed by atoms with Crippen LogP contribution in [0.25, 0.3) is 5.52 Å². The Hall–Kier alpha value is -0.860. The highest BCUT2D eigenvalue weighted by molar-refractivity contribution is 14.1. The Kier molecular flexibility index (Phi) is 2.13. The highest BCUT2D eigenvalue weighted by Crippen LogP contribution is 2.29. The summed E-state index contributed by atoms with van der Waals surface area (Å²) in [5.74, 6) is 0. The van der Waals surface area contributed by atoms with Crippen LogP contribution in [0.5, 0.6) is 0 Å². The summed E-state index contributed by atoms with van der Waals surface area (Å²) in [5.41, 5.74) is -0.538. The zero-order valence-electron chi connectivity index (χ0n) is 6.59. The quantitative estimate of drug-likeness (QED) is 0.699. The summed E-state index contributed by atoms with van der Waals surface area (Å²) >= 11 is 1.86. The molecule has 0 aromatic carbocycles. The van der Waals surface area contributed by atoms with Crippen LogP contribution in [-0.2, 0) is 6.18 Å². The van der Waals surface area contributed by atoms with E-state index in [0.717, 1.165) is 10.6 Å². The van der Waals surface area contributed by atoms with Crippen molar-refractivity contribution in [2.45, 2.75) is 6.18 Å². The summed E-state index contributed by atoms with van der Waals surface area (Å²) in [5, 5.41) is 3.39. The van der Waals surface area contributed by atoms with Gasteiger partial charge in [0.25, 0.3) is 0 Å². The van der Waals surface area contributed by atoms with Gasteiger partial charge in [0.15, 0.2) is 5.69 Å². The topological polar surface area (TPSA) is 30.2 Å². The molecule has 0 fully saturated rings. The summed E-state index contributed by atoms with van der Waals surface area (Å²) in [6.45, 7) is 0. The molecule has 0 atom stereocenters. The van der Waals surface area contributed by atoms with Crippen molar-refractivity contribution in [1.29, 1.82) is 0 Å². The first-order chi connectivity index (χ1) is 6.48. The molecule has 0 aliphatic heterocycles. The molecule has 14 heavy (non-hydrogen) atoms. The van der Waals surface area contributed by atoms with Crippen LogP contribution in [0.3, 0.4) is 0 Å². The Morgan fingerprint density at radius 1 is 1.36 bits per heavy atom. The second-order valence-corrected chi connectivity index (χ2v) is 3.60. The van der Waals surface area contributed by atoms with E-state index in [9.17, 15) is 13.2 Å². The first-order valence-corrected chi connectivity index (χ1v) is 4.63. The maximum atomic E-state index is 12.3. The van der Waals surface area contributed by atoms with E-state index in [0.29, 0.717) is 9.22 Å². The van der Waals surface area contributed by atoms with E-state index < -0.39 is 11.9 Å². The maximum absolute atomic E-state index is 12.3. The minimum absolute atomic E-state index is 0.362. The zero-order valence-corrected chi connectivity index (χ0v) is 8.74. The summed E-state index contributed by atoms with van der Waals surface area (Å²) in [6, 6.07) is 0.981. The third-order valence-corrected chi connectivity index (χ3v) is 2.46. The second-order valence-electron chi connectivity index (χ2n) is 2.58. The third-order valence-electron chi connectivity index (χ3n) is 1.63. The molecule has 2 heterocycles. The fourth-order valence-electron chi connectivity index (χ4n) is 1.03. The highest BCUT2D eigenvalue weighted by Gasteiger charge is 2.34. The molecule has 0 N–H and O–H groups in total. The number of nitrogens with zero attached hydrogens (tertiary/aromatic N) is 3. The fraction of sp³-hybridized carbons (Fsp3) is 0.143. The number of hydrogen-bond acceptors (Lipinski definition) is 2. The maximum Gasteiger partial charge on any atom is 0.435 e. The fourth-order valence-corrected chi connectivity index (χ4v) is 1.59. The van der Waals surface area contributed by atoms with E-state index in [2.05, 4.69) is 10.1 Å². The Bertz CT molecular complexity index is 476. The summed E-state index contributed by atoms with van der Waals surface area (Å²) in [4.78, 5) is 3.86. The summed E-state index contributed by atoms with van der Waals surface area (Å²) in [6.07, 6.45) is -1.62. The minimum Gasteiger partial charge on any atom is -0.246 e. The van der Waals surface area contributed by atoms with E-state index in [-0.39, 0.29) is 0 Å². The lowest BCUT2D eigenvalue weighted by atomic mass is 10.4. The molecule has 2 rings (SSSR count). The van der Waals surface area contributed by atoms with Crippen LogP contribution < -0.4 is 0 Å². The molecule has 0 aliphatic carbocycles. The van der Waals surface area contributed by atoms with Gasteiger partial charge in [-0.2, -0.15) is 18.3 Å². The number of alkyl halides is 3. The van der Waals surface area contributed by atoms with Crippen molar-refractivity contribution in [2.75, 3.05) is 0 Å². The first-order valence-electron chi connectivity index (χ1n) is 3.55. The van der Waals surface area contributed by atoms with Crippen LogP contribution in [0, 0.1) is 3.70 Å². The number of hydrogen-bond donors (Lipinski definition) is 0. The predicted molar refractivity (Wildman–Crippen MR) is 50.7 cm³/mol. The van der Waals surface area contributed by atoms with Crippen LogP contribution in [0.2, 0.25) is 0 Å². The summed E-state index contributed by atoms with van der Waals surface area (Å²) in [7, 11) is 0. The van der Waals surface area contributed by atoms with Gasteiger partial charge in [0.1, 0.15) is 3.70 Å². The predicted octanol–water partition coefficient (Wildman–Crippen LogP) is 2.35. The van der Waals surface area contributed by atoms with Crippen LogP contribution in [-0.4, -0.2) is 14.6 Å². The largest absolute Gasteiger partial charge is 0.435 e. The summed E-state index contributed by atoms with van der Waals surface area (Å²) < 4.78 is 38.4. The van der Waals surface area contributed by atoms with E-state index in [1.807, 2.05) is 22.6 Å². The molecule has 2 aromatic heterocycles. The average Bonchev–Trinajstić information content (AvgIpc) is 2.48. The van der Waals surface area contributed by atoms with E-state index in [1.165, 1.54) is 12.4 Å². The second kappa shape index (κ2) is 3.07. The molecule has 0 saturated heterocycles.